The van der Waals surface area contributed by atoms with Gasteiger partial charge in [0, 0.05) is 18.3 Å². The molecule has 2 unspecified atom stereocenters. The molecule has 0 aromatic heterocycles. The number of allylic oxidation sites excluding steroid dienone is 1. The van der Waals surface area contributed by atoms with E-state index < -0.39 is 12.2 Å². The summed E-state index contributed by atoms with van der Waals surface area (Å²) < 4.78 is 28.5. The van der Waals surface area contributed by atoms with E-state index in [9.17, 15) is 13.6 Å². The normalized spacial score (nSPS) is 12.2. The first-order valence-electron chi connectivity index (χ1n) is 12.1. The number of alkyl halides is 2. The van der Waals surface area contributed by atoms with Gasteiger partial charge in [-0.15, -0.1) is 0 Å². The Labute approximate surface area is 209 Å². The van der Waals surface area contributed by atoms with E-state index in [0.29, 0.717) is 12.2 Å². The van der Waals surface area contributed by atoms with Gasteiger partial charge in [-0.2, -0.15) is 0 Å². The number of amides is 1. The minimum absolute atomic E-state index is 0.0699. The summed E-state index contributed by atoms with van der Waals surface area (Å²) in [6.07, 6.45) is 4.64. The standard InChI is InChI=1S/C22H38N2O3.C4H5F2NO/c1-5-6-8-19(12-13-23-4)9-7-14-27-20-10-11-21(17(2)15-20)22(26)24-18(3)16-25;1-3(4(5)6)8-7-2/h10-11,15,18-19,23,25H,5-9,12-14,16H2,1-4H3,(H,24,26);4H,1-2H2. The second kappa shape index (κ2) is 19.8. The number of aliphatic hydroxyl groups is 1. The Balaban J connectivity index is 0.00000124. The number of ether oxygens (including phenoxy) is 1. The zero-order valence-electron chi connectivity index (χ0n) is 21.6. The van der Waals surface area contributed by atoms with Crippen molar-refractivity contribution in [3.8, 4) is 5.75 Å². The summed E-state index contributed by atoms with van der Waals surface area (Å²) in [4.78, 5) is 16.1. The molecule has 0 spiro atoms. The third-order valence-corrected chi connectivity index (χ3v) is 5.31. The summed E-state index contributed by atoms with van der Waals surface area (Å²) in [5, 5.41) is 17.8. The van der Waals surface area contributed by atoms with E-state index in [0.717, 1.165) is 30.2 Å². The van der Waals surface area contributed by atoms with Gasteiger partial charge in [0.15, 0.2) is 5.76 Å². The van der Waals surface area contributed by atoms with Crippen LogP contribution in [0, 0.1) is 12.8 Å². The highest BCUT2D eigenvalue weighted by Crippen LogP contribution is 2.21. The van der Waals surface area contributed by atoms with Crippen LogP contribution in [0.4, 0.5) is 8.78 Å². The van der Waals surface area contributed by atoms with E-state index >= 15 is 0 Å². The SMILES string of the molecule is C=NOC(=C)C(F)F.CCCCC(CCCOc1ccc(C(=O)NC(C)CO)c(C)c1)CCNC. The molecule has 1 rings (SSSR count). The maximum Gasteiger partial charge on any atom is 0.297 e. The Morgan fingerprint density at radius 2 is 1.91 bits per heavy atom. The summed E-state index contributed by atoms with van der Waals surface area (Å²) in [6.45, 7) is 13.3. The first kappa shape index (κ1) is 32.5. The molecule has 0 saturated heterocycles. The molecule has 7 nitrogen and oxygen atoms in total. The average Bonchev–Trinajstić information content (AvgIpc) is 2.83. The minimum atomic E-state index is -2.68. The number of unbranched alkanes of at least 4 members (excludes halogenated alkanes) is 1. The number of hydrogen-bond donors (Lipinski definition) is 3. The van der Waals surface area contributed by atoms with E-state index in [1.165, 1.54) is 32.1 Å². The number of rotatable bonds is 17. The molecular weight excluding hydrogens is 456 g/mol. The molecule has 0 bridgehead atoms. The molecule has 1 aromatic carbocycles. The van der Waals surface area contributed by atoms with E-state index in [1.54, 1.807) is 13.0 Å². The molecule has 9 heteroatoms. The molecule has 1 amide bonds. The number of carbonyl (C=O) groups excluding carboxylic acids is 1. The quantitative estimate of drug-likeness (QED) is 0.120. The number of oxime groups is 1. The van der Waals surface area contributed by atoms with Crippen molar-refractivity contribution >= 4 is 12.6 Å². The Morgan fingerprint density at radius 1 is 1.23 bits per heavy atom. The summed E-state index contributed by atoms with van der Waals surface area (Å²) >= 11 is 0. The van der Waals surface area contributed by atoms with Gasteiger partial charge in [0.25, 0.3) is 12.3 Å². The van der Waals surface area contributed by atoms with Gasteiger partial charge in [-0.3, -0.25) is 4.79 Å². The average molecular weight is 500 g/mol. The second-order valence-corrected chi connectivity index (χ2v) is 8.41. The molecule has 0 aliphatic heterocycles. The molecule has 1 aromatic rings. The molecule has 0 aliphatic carbocycles. The zero-order chi connectivity index (χ0) is 26.6. The molecular formula is C26H43F2N3O4. The van der Waals surface area contributed by atoms with E-state index in [2.05, 4.69) is 40.8 Å². The first-order chi connectivity index (χ1) is 16.7. The third kappa shape index (κ3) is 15.2. The number of benzene rings is 1. The number of nitrogens with one attached hydrogen (secondary N) is 2. The molecule has 3 N–H and O–H groups in total. The second-order valence-electron chi connectivity index (χ2n) is 8.41. The summed E-state index contributed by atoms with van der Waals surface area (Å²) in [5.41, 5.74) is 1.50. The molecule has 0 fully saturated rings. The van der Waals surface area contributed by atoms with Crippen LogP contribution in [0.3, 0.4) is 0 Å². The highest BCUT2D eigenvalue weighted by molar-refractivity contribution is 5.95. The van der Waals surface area contributed by atoms with Gasteiger partial charge in [0.2, 0.25) is 0 Å². The lowest BCUT2D eigenvalue weighted by molar-refractivity contribution is 0.0884. The van der Waals surface area contributed by atoms with Crippen LogP contribution in [0.5, 0.6) is 5.75 Å². The van der Waals surface area contributed by atoms with Gasteiger partial charge in [-0.25, -0.2) is 8.78 Å². The minimum Gasteiger partial charge on any atom is -0.494 e. The molecule has 2 atom stereocenters. The van der Waals surface area contributed by atoms with Crippen molar-refractivity contribution in [2.24, 2.45) is 11.1 Å². The fourth-order valence-electron chi connectivity index (χ4n) is 3.29. The van der Waals surface area contributed by atoms with Gasteiger partial charge in [0.1, 0.15) is 5.75 Å². The Bertz CT molecular complexity index is 739. The van der Waals surface area contributed by atoms with Crippen molar-refractivity contribution in [3.63, 3.8) is 0 Å². The molecule has 0 saturated carbocycles. The number of aryl methyl sites for hydroxylation is 1. The van der Waals surface area contributed by atoms with Crippen LogP contribution < -0.4 is 15.4 Å². The number of hydrogen-bond acceptors (Lipinski definition) is 6. The van der Waals surface area contributed by atoms with Gasteiger partial charge in [0.05, 0.1) is 13.2 Å². The van der Waals surface area contributed by atoms with Crippen LogP contribution in [0.25, 0.3) is 0 Å². The zero-order valence-corrected chi connectivity index (χ0v) is 21.6. The number of aliphatic hydroxyl groups excluding tert-OH is 1. The third-order valence-electron chi connectivity index (χ3n) is 5.31. The van der Waals surface area contributed by atoms with Crippen molar-refractivity contribution in [3.05, 3.63) is 41.7 Å². The number of carbonyl (C=O) groups is 1. The Kier molecular flexibility index (Phi) is 18.3. The largest absolute Gasteiger partial charge is 0.494 e. The van der Waals surface area contributed by atoms with Crippen molar-refractivity contribution in [1.82, 2.24) is 10.6 Å². The van der Waals surface area contributed by atoms with Crippen LogP contribution in [0.1, 0.15) is 68.3 Å². The lowest BCUT2D eigenvalue weighted by atomic mass is 9.93. The Morgan fingerprint density at radius 3 is 2.43 bits per heavy atom. The fraction of sp³-hybridized carbons (Fsp3) is 0.615. The van der Waals surface area contributed by atoms with Gasteiger partial charge < -0.3 is 25.3 Å². The van der Waals surface area contributed by atoms with Crippen molar-refractivity contribution in [2.75, 3.05) is 26.8 Å². The summed E-state index contributed by atoms with van der Waals surface area (Å²) in [7, 11) is 2.01. The molecule has 0 radical (unpaired) electrons. The van der Waals surface area contributed by atoms with E-state index in [1.807, 2.05) is 26.1 Å². The highest BCUT2D eigenvalue weighted by atomic mass is 19.3. The van der Waals surface area contributed by atoms with E-state index in [4.69, 9.17) is 9.84 Å². The van der Waals surface area contributed by atoms with Crippen molar-refractivity contribution < 1.29 is 28.3 Å². The van der Waals surface area contributed by atoms with Gasteiger partial charge >= 0.3 is 0 Å². The fourth-order valence-corrected chi connectivity index (χ4v) is 3.29. The molecule has 35 heavy (non-hydrogen) atoms. The molecule has 200 valence electrons. The van der Waals surface area contributed by atoms with Crippen LogP contribution >= 0.6 is 0 Å². The first-order valence-corrected chi connectivity index (χ1v) is 12.1. The molecule has 0 aliphatic rings. The van der Waals surface area contributed by atoms with Gasteiger partial charge in [-0.1, -0.05) is 37.9 Å². The summed E-state index contributed by atoms with van der Waals surface area (Å²) in [5.74, 6) is 0.728. The van der Waals surface area contributed by atoms with Crippen LogP contribution in [-0.2, 0) is 4.84 Å². The number of halogens is 2. The lowest BCUT2D eigenvalue weighted by Gasteiger charge is -2.17. The molecule has 0 heterocycles. The highest BCUT2D eigenvalue weighted by Gasteiger charge is 2.13. The number of nitrogens with zero attached hydrogens (tertiary/aromatic N) is 1. The maximum absolute atomic E-state index is 12.2. The van der Waals surface area contributed by atoms with E-state index in [-0.39, 0.29) is 18.6 Å². The maximum atomic E-state index is 12.2. The van der Waals surface area contributed by atoms with Gasteiger partial charge in [-0.05, 0) is 76.4 Å². The van der Waals surface area contributed by atoms with Crippen LogP contribution in [-0.4, -0.2) is 57.0 Å². The van der Waals surface area contributed by atoms with Crippen LogP contribution in [0.15, 0.2) is 35.7 Å². The predicted molar refractivity (Wildman–Crippen MR) is 137 cm³/mol. The lowest BCUT2D eigenvalue weighted by Crippen LogP contribution is -2.35. The summed E-state index contributed by atoms with van der Waals surface area (Å²) in [6, 6.07) is 5.30. The predicted octanol–water partition coefficient (Wildman–Crippen LogP) is 5.08. The Hall–Kier alpha value is -2.52. The monoisotopic (exact) mass is 499 g/mol. The van der Waals surface area contributed by atoms with Crippen molar-refractivity contribution in [2.45, 2.75) is 71.8 Å². The van der Waals surface area contributed by atoms with Crippen molar-refractivity contribution in [1.29, 1.82) is 0 Å². The topological polar surface area (TPSA) is 92.2 Å². The smallest absolute Gasteiger partial charge is 0.297 e. The van der Waals surface area contributed by atoms with Crippen LogP contribution in [0.2, 0.25) is 0 Å².